The van der Waals surface area contributed by atoms with Crippen molar-refractivity contribution in [3.05, 3.63) is 65.2 Å². The molecular formula is C22H26N2O5. The molecular weight excluding hydrogens is 372 g/mol. The zero-order valence-corrected chi connectivity index (χ0v) is 16.5. The van der Waals surface area contributed by atoms with Crippen LogP contribution in [0.5, 0.6) is 5.75 Å². The van der Waals surface area contributed by atoms with Gasteiger partial charge in [-0.25, -0.2) is 4.79 Å². The van der Waals surface area contributed by atoms with Crippen LogP contribution in [0.3, 0.4) is 0 Å². The van der Waals surface area contributed by atoms with Crippen molar-refractivity contribution in [3.8, 4) is 5.75 Å². The number of ether oxygens (including phenoxy) is 2. The average molecular weight is 398 g/mol. The highest BCUT2D eigenvalue weighted by atomic mass is 16.6. The summed E-state index contributed by atoms with van der Waals surface area (Å²) in [5.74, 6) is -0.156. The number of aryl methyl sites for hydroxylation is 1. The van der Waals surface area contributed by atoms with Crippen molar-refractivity contribution in [3.63, 3.8) is 0 Å². The fourth-order valence-electron chi connectivity index (χ4n) is 3.04. The molecule has 1 atom stereocenters. The van der Waals surface area contributed by atoms with E-state index < -0.39 is 0 Å². The topological polar surface area (TPSA) is 88.1 Å². The first-order valence-electron chi connectivity index (χ1n) is 9.73. The van der Waals surface area contributed by atoms with Crippen molar-refractivity contribution in [1.82, 2.24) is 10.2 Å². The van der Waals surface area contributed by atoms with E-state index >= 15 is 0 Å². The summed E-state index contributed by atoms with van der Waals surface area (Å²) in [5, 5.41) is 12.1. The Labute approximate surface area is 170 Å². The van der Waals surface area contributed by atoms with Gasteiger partial charge in [-0.05, 0) is 41.8 Å². The number of amides is 2. The molecule has 2 N–H and O–H groups in total. The van der Waals surface area contributed by atoms with Crippen LogP contribution < -0.4 is 5.32 Å². The minimum Gasteiger partial charge on any atom is -0.508 e. The molecule has 0 saturated carbocycles. The van der Waals surface area contributed by atoms with E-state index in [0.29, 0.717) is 25.3 Å². The van der Waals surface area contributed by atoms with Crippen LogP contribution in [0.4, 0.5) is 4.79 Å². The fraction of sp³-hybridized carbons (Fsp3) is 0.364. The number of nitrogens with zero attached hydrogens (tertiary/aromatic N) is 1. The number of phenolic OH excluding ortho intramolecular Hbond substituents is 1. The molecule has 0 aliphatic carbocycles. The van der Waals surface area contributed by atoms with Crippen LogP contribution in [0, 0.1) is 0 Å². The third-order valence-corrected chi connectivity index (χ3v) is 4.81. The van der Waals surface area contributed by atoms with Gasteiger partial charge >= 0.3 is 6.09 Å². The van der Waals surface area contributed by atoms with Crippen molar-refractivity contribution < 1.29 is 24.2 Å². The summed E-state index contributed by atoms with van der Waals surface area (Å²) in [4.78, 5) is 26.1. The summed E-state index contributed by atoms with van der Waals surface area (Å²) in [6, 6.07) is 14.0. The molecule has 2 aromatic rings. The Balaban J connectivity index is 1.44. The maximum atomic E-state index is 12.4. The van der Waals surface area contributed by atoms with E-state index in [1.165, 1.54) is 17.7 Å². The summed E-state index contributed by atoms with van der Waals surface area (Å²) in [6.45, 7) is 3.79. The van der Waals surface area contributed by atoms with E-state index in [1.807, 2.05) is 24.3 Å². The molecule has 1 fully saturated rings. The Bertz CT molecular complexity index is 820. The Morgan fingerprint density at radius 2 is 1.83 bits per heavy atom. The Hall–Kier alpha value is -3.06. The second-order valence-electron chi connectivity index (χ2n) is 6.92. The van der Waals surface area contributed by atoms with Crippen LogP contribution in [-0.2, 0) is 22.5 Å². The summed E-state index contributed by atoms with van der Waals surface area (Å²) < 4.78 is 11.1. The maximum Gasteiger partial charge on any atom is 0.410 e. The van der Waals surface area contributed by atoms with Gasteiger partial charge in [-0.3, -0.25) is 4.79 Å². The minimum absolute atomic E-state index is 0.104. The Kier molecular flexibility index (Phi) is 7.08. The van der Waals surface area contributed by atoms with Gasteiger partial charge in [-0.15, -0.1) is 0 Å². The number of hydrogen-bond donors (Lipinski definition) is 2. The molecule has 1 aliphatic heterocycles. The van der Waals surface area contributed by atoms with Gasteiger partial charge < -0.3 is 24.8 Å². The van der Waals surface area contributed by atoms with Gasteiger partial charge in [0.25, 0.3) is 5.91 Å². The molecule has 2 aromatic carbocycles. The molecule has 0 bridgehead atoms. The van der Waals surface area contributed by atoms with Crippen molar-refractivity contribution in [2.75, 3.05) is 26.2 Å². The number of hydrogen-bond acceptors (Lipinski definition) is 5. The number of phenols is 1. The smallest absolute Gasteiger partial charge is 0.410 e. The zero-order valence-electron chi connectivity index (χ0n) is 16.5. The molecule has 1 unspecified atom stereocenters. The first kappa shape index (κ1) is 20.7. The van der Waals surface area contributed by atoms with E-state index in [9.17, 15) is 14.7 Å². The number of benzene rings is 2. The van der Waals surface area contributed by atoms with Gasteiger partial charge in [0.1, 0.15) is 12.4 Å². The van der Waals surface area contributed by atoms with Crippen molar-refractivity contribution in [1.29, 1.82) is 0 Å². The predicted octanol–water partition coefficient (Wildman–Crippen LogP) is 2.72. The van der Waals surface area contributed by atoms with E-state index in [1.54, 1.807) is 17.0 Å². The maximum absolute atomic E-state index is 12.4. The van der Waals surface area contributed by atoms with Crippen LogP contribution in [0.1, 0.15) is 28.4 Å². The molecule has 0 radical (unpaired) electrons. The second-order valence-corrected chi connectivity index (χ2v) is 6.92. The van der Waals surface area contributed by atoms with E-state index in [4.69, 9.17) is 9.47 Å². The minimum atomic E-state index is -0.386. The van der Waals surface area contributed by atoms with E-state index in [2.05, 4.69) is 12.2 Å². The summed E-state index contributed by atoms with van der Waals surface area (Å²) >= 11 is 0. The second kappa shape index (κ2) is 9.93. The molecule has 7 nitrogen and oxygen atoms in total. The molecule has 0 spiro atoms. The quantitative estimate of drug-likeness (QED) is 0.781. The van der Waals surface area contributed by atoms with Gasteiger partial charge in [-0.2, -0.15) is 0 Å². The fourth-order valence-corrected chi connectivity index (χ4v) is 3.04. The van der Waals surface area contributed by atoms with Crippen molar-refractivity contribution >= 4 is 12.0 Å². The average Bonchev–Trinajstić information content (AvgIpc) is 2.77. The third kappa shape index (κ3) is 5.96. The van der Waals surface area contributed by atoms with Gasteiger partial charge in [-0.1, -0.05) is 31.2 Å². The summed E-state index contributed by atoms with van der Waals surface area (Å²) in [5.41, 5.74) is 2.64. The molecule has 154 valence electrons. The lowest BCUT2D eigenvalue weighted by Crippen LogP contribution is -2.49. The standard InChI is InChI=1S/C22H26N2O5/c1-2-16-3-5-17(6-4-16)15-29-22(27)24-11-12-28-20(14-24)13-23-21(26)18-7-9-19(25)10-8-18/h3-10,20,25H,2,11-15H2,1H3,(H,23,26). The highest BCUT2D eigenvalue weighted by Crippen LogP contribution is 2.12. The molecule has 1 aliphatic rings. The number of carbonyl (C=O) groups is 2. The first-order chi connectivity index (χ1) is 14.0. The van der Waals surface area contributed by atoms with Crippen LogP contribution in [0.25, 0.3) is 0 Å². The molecule has 2 amide bonds. The third-order valence-electron chi connectivity index (χ3n) is 4.81. The van der Waals surface area contributed by atoms with Gasteiger partial charge in [0.2, 0.25) is 0 Å². The van der Waals surface area contributed by atoms with Gasteiger partial charge in [0.15, 0.2) is 0 Å². The summed E-state index contributed by atoms with van der Waals surface area (Å²) in [7, 11) is 0. The Morgan fingerprint density at radius 1 is 1.14 bits per heavy atom. The lowest BCUT2D eigenvalue weighted by molar-refractivity contribution is -0.0263. The molecule has 1 heterocycles. The van der Waals surface area contributed by atoms with Crippen LogP contribution in [-0.4, -0.2) is 54.4 Å². The van der Waals surface area contributed by atoms with Crippen LogP contribution in [0.15, 0.2) is 48.5 Å². The lowest BCUT2D eigenvalue weighted by Gasteiger charge is -2.32. The van der Waals surface area contributed by atoms with Crippen molar-refractivity contribution in [2.45, 2.75) is 26.1 Å². The van der Waals surface area contributed by atoms with Crippen molar-refractivity contribution in [2.24, 2.45) is 0 Å². The number of aromatic hydroxyl groups is 1. The normalized spacial score (nSPS) is 16.3. The number of rotatable bonds is 6. The van der Waals surface area contributed by atoms with Crippen LogP contribution >= 0.6 is 0 Å². The SMILES string of the molecule is CCc1ccc(COC(=O)N2CCOC(CNC(=O)c3ccc(O)cc3)C2)cc1. The number of nitrogens with one attached hydrogen (secondary N) is 1. The van der Waals surface area contributed by atoms with Crippen LogP contribution in [0.2, 0.25) is 0 Å². The molecule has 3 rings (SSSR count). The molecule has 29 heavy (non-hydrogen) atoms. The highest BCUT2D eigenvalue weighted by molar-refractivity contribution is 5.94. The predicted molar refractivity (Wildman–Crippen MR) is 108 cm³/mol. The first-order valence-corrected chi connectivity index (χ1v) is 9.73. The Morgan fingerprint density at radius 3 is 2.52 bits per heavy atom. The largest absolute Gasteiger partial charge is 0.508 e. The van der Waals surface area contributed by atoms with Gasteiger partial charge in [0, 0.05) is 18.7 Å². The molecule has 7 heteroatoms. The number of carbonyl (C=O) groups excluding carboxylic acids is 2. The molecule has 1 saturated heterocycles. The van der Waals surface area contributed by atoms with E-state index in [-0.39, 0.29) is 37.0 Å². The highest BCUT2D eigenvalue weighted by Gasteiger charge is 2.25. The number of morpholine rings is 1. The lowest BCUT2D eigenvalue weighted by atomic mass is 10.1. The molecule has 0 aromatic heterocycles. The zero-order chi connectivity index (χ0) is 20.6. The van der Waals surface area contributed by atoms with E-state index in [0.717, 1.165) is 12.0 Å². The van der Waals surface area contributed by atoms with Gasteiger partial charge in [0.05, 0.1) is 19.3 Å². The monoisotopic (exact) mass is 398 g/mol. The summed E-state index contributed by atoms with van der Waals surface area (Å²) in [6.07, 6.45) is 0.280.